The van der Waals surface area contributed by atoms with Gasteiger partial charge in [0.15, 0.2) is 0 Å². The molecule has 0 bridgehead atoms. The van der Waals surface area contributed by atoms with Crippen molar-refractivity contribution >= 4 is 10.9 Å². The lowest BCUT2D eigenvalue weighted by atomic mass is 10.0. The zero-order chi connectivity index (χ0) is 19.5. The molecule has 0 fully saturated rings. The zero-order valence-corrected chi connectivity index (χ0v) is 15.9. The summed E-state index contributed by atoms with van der Waals surface area (Å²) in [4.78, 5) is 6.09. The van der Waals surface area contributed by atoms with Crippen molar-refractivity contribution in [1.29, 1.82) is 0 Å². The third kappa shape index (κ3) is 3.89. The standard InChI is InChI=1S/C21H22FN5O/c1-26(2)13-20-18-11-15(3-6-19(18)24-25-20)17-5-4-16(22)12-21(17)28-10-9-27-8-7-23-14-27/h3-8,11-12,14H,9-10,13H2,1-2H3,(H,24,25). The van der Waals surface area contributed by atoms with Crippen LogP contribution in [0.3, 0.4) is 0 Å². The van der Waals surface area contributed by atoms with E-state index in [0.29, 0.717) is 18.9 Å². The molecule has 0 aliphatic rings. The number of hydrogen-bond donors (Lipinski definition) is 1. The highest BCUT2D eigenvalue weighted by Crippen LogP contribution is 2.33. The minimum absolute atomic E-state index is 0.320. The van der Waals surface area contributed by atoms with E-state index in [2.05, 4.69) is 26.1 Å². The minimum atomic E-state index is -0.320. The molecule has 0 spiro atoms. The average Bonchev–Trinajstić information content (AvgIpc) is 3.32. The summed E-state index contributed by atoms with van der Waals surface area (Å²) in [6.07, 6.45) is 5.32. The molecule has 28 heavy (non-hydrogen) atoms. The van der Waals surface area contributed by atoms with Crippen molar-refractivity contribution < 1.29 is 9.13 Å². The molecular formula is C21H22FN5O. The van der Waals surface area contributed by atoms with Gasteiger partial charge < -0.3 is 14.2 Å². The van der Waals surface area contributed by atoms with Crippen molar-refractivity contribution in [2.45, 2.75) is 13.1 Å². The maximum Gasteiger partial charge on any atom is 0.130 e. The summed E-state index contributed by atoms with van der Waals surface area (Å²) in [5.41, 5.74) is 3.77. The summed E-state index contributed by atoms with van der Waals surface area (Å²) < 4.78 is 21.7. The smallest absolute Gasteiger partial charge is 0.130 e. The molecule has 1 N–H and O–H groups in total. The average molecular weight is 379 g/mol. The van der Waals surface area contributed by atoms with Crippen molar-refractivity contribution in [2.24, 2.45) is 0 Å². The van der Waals surface area contributed by atoms with Crippen LogP contribution in [0.2, 0.25) is 0 Å². The summed E-state index contributed by atoms with van der Waals surface area (Å²) in [5.74, 6) is 0.205. The summed E-state index contributed by atoms with van der Waals surface area (Å²) in [6, 6.07) is 10.7. The van der Waals surface area contributed by atoms with Crippen LogP contribution < -0.4 is 4.74 Å². The van der Waals surface area contributed by atoms with Crippen molar-refractivity contribution in [3.05, 3.63) is 66.6 Å². The van der Waals surface area contributed by atoms with Crippen LogP contribution in [0.4, 0.5) is 4.39 Å². The summed E-state index contributed by atoms with van der Waals surface area (Å²) in [5, 5.41) is 8.54. The number of hydrogen-bond acceptors (Lipinski definition) is 4. The summed E-state index contributed by atoms with van der Waals surface area (Å²) >= 11 is 0. The van der Waals surface area contributed by atoms with Gasteiger partial charge in [0, 0.05) is 36.0 Å². The quantitative estimate of drug-likeness (QED) is 0.532. The molecule has 2 heterocycles. The topological polar surface area (TPSA) is 59.0 Å². The number of aromatic amines is 1. The molecule has 6 nitrogen and oxygen atoms in total. The molecule has 0 aliphatic heterocycles. The molecule has 2 aromatic carbocycles. The number of imidazole rings is 1. The first-order valence-corrected chi connectivity index (χ1v) is 9.10. The van der Waals surface area contributed by atoms with Gasteiger partial charge in [0.25, 0.3) is 0 Å². The largest absolute Gasteiger partial charge is 0.491 e. The molecule has 2 aromatic heterocycles. The predicted octanol–water partition coefficient (Wildman–Crippen LogP) is 3.71. The molecule has 0 saturated carbocycles. The van der Waals surface area contributed by atoms with Crippen LogP contribution in [-0.4, -0.2) is 45.4 Å². The Bertz CT molecular complexity index is 1070. The van der Waals surface area contributed by atoms with E-state index >= 15 is 0 Å². The van der Waals surface area contributed by atoms with Gasteiger partial charge in [-0.05, 0) is 43.9 Å². The number of nitrogens with one attached hydrogen (secondary N) is 1. The first-order chi connectivity index (χ1) is 13.6. The SMILES string of the molecule is CN(C)Cc1n[nH]c2ccc(-c3ccc(F)cc3OCCn3ccnc3)cc12. The third-order valence-electron chi connectivity index (χ3n) is 4.53. The van der Waals surface area contributed by atoms with Crippen LogP contribution in [0.15, 0.2) is 55.1 Å². The molecule has 0 aliphatic carbocycles. The van der Waals surface area contributed by atoms with E-state index in [9.17, 15) is 4.39 Å². The van der Waals surface area contributed by atoms with E-state index in [-0.39, 0.29) is 5.82 Å². The molecule has 4 aromatic rings. The zero-order valence-electron chi connectivity index (χ0n) is 15.9. The lowest BCUT2D eigenvalue weighted by Gasteiger charge is -2.13. The Morgan fingerprint density at radius 1 is 1.18 bits per heavy atom. The highest BCUT2D eigenvalue weighted by molar-refractivity contribution is 5.87. The number of halogens is 1. The molecule has 0 atom stereocenters. The maximum atomic E-state index is 13.9. The van der Waals surface area contributed by atoms with Gasteiger partial charge in [-0.1, -0.05) is 6.07 Å². The second kappa shape index (κ2) is 7.82. The number of fused-ring (bicyclic) bond motifs is 1. The fraction of sp³-hybridized carbons (Fsp3) is 0.238. The second-order valence-electron chi connectivity index (χ2n) is 6.96. The highest BCUT2D eigenvalue weighted by atomic mass is 19.1. The Morgan fingerprint density at radius 3 is 2.86 bits per heavy atom. The van der Waals surface area contributed by atoms with Crippen molar-refractivity contribution in [3.63, 3.8) is 0 Å². The van der Waals surface area contributed by atoms with Gasteiger partial charge in [-0.15, -0.1) is 0 Å². The van der Waals surface area contributed by atoms with Crippen LogP contribution in [0.5, 0.6) is 5.75 Å². The number of ether oxygens (including phenoxy) is 1. The Kier molecular flexibility index (Phi) is 5.08. The number of rotatable bonds is 7. The minimum Gasteiger partial charge on any atom is -0.491 e. The monoisotopic (exact) mass is 379 g/mol. The first kappa shape index (κ1) is 18.2. The van der Waals surface area contributed by atoms with E-state index in [4.69, 9.17) is 4.74 Å². The fourth-order valence-corrected chi connectivity index (χ4v) is 3.19. The van der Waals surface area contributed by atoms with E-state index in [1.165, 1.54) is 12.1 Å². The Labute approximate surface area is 162 Å². The summed E-state index contributed by atoms with van der Waals surface area (Å²) in [7, 11) is 4.02. The Hall–Kier alpha value is -3.19. The lowest BCUT2D eigenvalue weighted by molar-refractivity contribution is 0.298. The summed E-state index contributed by atoms with van der Waals surface area (Å²) in [6.45, 7) is 1.80. The van der Waals surface area contributed by atoms with Gasteiger partial charge >= 0.3 is 0 Å². The van der Waals surface area contributed by atoms with Gasteiger partial charge in [0.1, 0.15) is 18.2 Å². The van der Waals surface area contributed by atoms with Crippen LogP contribution in [0.1, 0.15) is 5.69 Å². The maximum absolute atomic E-state index is 13.9. The lowest BCUT2D eigenvalue weighted by Crippen LogP contribution is -2.11. The first-order valence-electron chi connectivity index (χ1n) is 9.10. The number of benzene rings is 2. The molecule has 0 saturated heterocycles. The normalized spacial score (nSPS) is 11.4. The molecule has 4 rings (SSSR count). The van der Waals surface area contributed by atoms with E-state index < -0.39 is 0 Å². The van der Waals surface area contributed by atoms with Gasteiger partial charge in [-0.25, -0.2) is 9.37 Å². The predicted molar refractivity (Wildman–Crippen MR) is 107 cm³/mol. The molecule has 7 heteroatoms. The van der Waals surface area contributed by atoms with E-state index in [1.807, 2.05) is 37.0 Å². The van der Waals surface area contributed by atoms with Crippen LogP contribution >= 0.6 is 0 Å². The Morgan fingerprint density at radius 2 is 2.07 bits per heavy atom. The van der Waals surface area contributed by atoms with Gasteiger partial charge in [-0.3, -0.25) is 5.10 Å². The van der Waals surface area contributed by atoms with Crippen LogP contribution in [-0.2, 0) is 13.1 Å². The van der Waals surface area contributed by atoms with Crippen LogP contribution in [0.25, 0.3) is 22.0 Å². The van der Waals surface area contributed by atoms with Crippen molar-refractivity contribution in [1.82, 2.24) is 24.6 Å². The molecular weight excluding hydrogens is 357 g/mol. The van der Waals surface area contributed by atoms with E-state index in [1.54, 1.807) is 18.6 Å². The fourth-order valence-electron chi connectivity index (χ4n) is 3.19. The number of H-pyrrole nitrogens is 1. The van der Waals surface area contributed by atoms with Crippen molar-refractivity contribution in [2.75, 3.05) is 20.7 Å². The second-order valence-corrected chi connectivity index (χ2v) is 6.96. The molecule has 0 unspecified atom stereocenters. The third-order valence-corrected chi connectivity index (χ3v) is 4.53. The van der Waals surface area contributed by atoms with Gasteiger partial charge in [-0.2, -0.15) is 5.10 Å². The highest BCUT2D eigenvalue weighted by Gasteiger charge is 2.12. The molecule has 0 amide bonds. The van der Waals surface area contributed by atoms with Gasteiger partial charge in [0.05, 0.1) is 24.1 Å². The Balaban J connectivity index is 1.64. The molecule has 0 radical (unpaired) electrons. The van der Waals surface area contributed by atoms with E-state index in [0.717, 1.165) is 34.3 Å². The number of aromatic nitrogens is 4. The van der Waals surface area contributed by atoms with Crippen molar-refractivity contribution in [3.8, 4) is 16.9 Å². The number of nitrogens with zero attached hydrogens (tertiary/aromatic N) is 4. The van der Waals surface area contributed by atoms with Gasteiger partial charge in [0.2, 0.25) is 0 Å². The molecule has 144 valence electrons. The van der Waals surface area contributed by atoms with Crippen LogP contribution in [0, 0.1) is 5.82 Å².